The molecule has 1 aromatic heterocycles. The van der Waals surface area contributed by atoms with Gasteiger partial charge >= 0.3 is 0 Å². The maximum absolute atomic E-state index is 9.23. The molecule has 0 aromatic carbocycles. The van der Waals surface area contributed by atoms with E-state index < -0.39 is 0 Å². The van der Waals surface area contributed by atoms with Crippen LogP contribution in [0, 0.1) is 5.41 Å². The second-order valence-electron chi connectivity index (χ2n) is 7.22. The van der Waals surface area contributed by atoms with Crippen LogP contribution in [0.4, 0.5) is 5.82 Å². The first-order chi connectivity index (χ1) is 9.04. The molecule has 0 saturated carbocycles. The van der Waals surface area contributed by atoms with Gasteiger partial charge in [0.05, 0.1) is 0 Å². The Morgan fingerprint density at radius 3 is 2.25 bits per heavy atom. The van der Waals surface area contributed by atoms with Crippen molar-refractivity contribution in [1.29, 1.82) is 0 Å². The van der Waals surface area contributed by atoms with Crippen LogP contribution in [0.15, 0.2) is 10.7 Å². The molecule has 0 aliphatic rings. The Bertz CT molecular complexity index is 449. The van der Waals surface area contributed by atoms with Gasteiger partial charge in [-0.2, -0.15) is 0 Å². The average molecular weight is 344 g/mol. The summed E-state index contributed by atoms with van der Waals surface area (Å²) in [5.41, 5.74) is -0.0591. The van der Waals surface area contributed by atoms with Gasteiger partial charge in [0.25, 0.3) is 0 Å². The van der Waals surface area contributed by atoms with Crippen LogP contribution < -0.4 is 5.32 Å². The average Bonchev–Trinajstić information content (AvgIpc) is 2.25. The molecule has 0 aliphatic carbocycles. The Hall–Kier alpha value is -0.680. The second-order valence-corrected chi connectivity index (χ2v) is 8.04. The molecule has 5 heteroatoms. The minimum absolute atomic E-state index is 0.0437. The topological polar surface area (TPSA) is 58.0 Å². The molecule has 1 atom stereocenters. The van der Waals surface area contributed by atoms with Gasteiger partial charge in [0.2, 0.25) is 0 Å². The summed E-state index contributed by atoms with van der Waals surface area (Å²) in [6, 6.07) is 2.04. The van der Waals surface area contributed by atoms with E-state index in [9.17, 15) is 5.11 Å². The molecule has 0 radical (unpaired) electrons. The highest BCUT2D eigenvalue weighted by atomic mass is 79.9. The third-order valence-electron chi connectivity index (χ3n) is 3.15. The number of nitrogens with one attached hydrogen (secondary N) is 1. The monoisotopic (exact) mass is 343 g/mol. The number of halogens is 1. The fourth-order valence-electron chi connectivity index (χ4n) is 1.86. The van der Waals surface area contributed by atoms with E-state index in [-0.39, 0.29) is 23.5 Å². The van der Waals surface area contributed by atoms with Crippen LogP contribution >= 0.6 is 15.9 Å². The highest BCUT2D eigenvalue weighted by Gasteiger charge is 2.25. The third kappa shape index (κ3) is 5.02. The number of nitrogens with zero attached hydrogens (tertiary/aromatic N) is 2. The van der Waals surface area contributed by atoms with Gasteiger partial charge in [-0.15, -0.1) is 0 Å². The van der Waals surface area contributed by atoms with Crippen LogP contribution in [-0.2, 0) is 5.41 Å². The summed E-state index contributed by atoms with van der Waals surface area (Å²) in [5, 5.41) is 12.7. The van der Waals surface area contributed by atoms with Gasteiger partial charge in [0.15, 0.2) is 0 Å². The van der Waals surface area contributed by atoms with Crippen molar-refractivity contribution in [3.05, 3.63) is 16.5 Å². The summed E-state index contributed by atoms with van der Waals surface area (Å²) in [7, 11) is 0. The van der Waals surface area contributed by atoms with Gasteiger partial charge in [0, 0.05) is 24.1 Å². The van der Waals surface area contributed by atoms with Crippen LogP contribution in [0.25, 0.3) is 0 Å². The first kappa shape index (κ1) is 17.4. The molecular weight excluding hydrogens is 318 g/mol. The van der Waals surface area contributed by atoms with Crippen molar-refractivity contribution in [3.63, 3.8) is 0 Å². The lowest BCUT2D eigenvalue weighted by Crippen LogP contribution is -2.35. The van der Waals surface area contributed by atoms with Gasteiger partial charge in [-0.3, -0.25) is 0 Å². The summed E-state index contributed by atoms with van der Waals surface area (Å²) in [6.45, 7) is 12.9. The number of rotatable bonds is 4. The fourth-order valence-corrected chi connectivity index (χ4v) is 2.24. The summed E-state index contributed by atoms with van der Waals surface area (Å²) < 4.78 is 0.775. The lowest BCUT2D eigenvalue weighted by molar-refractivity contribution is 0.235. The summed E-state index contributed by atoms with van der Waals surface area (Å²) in [5.74, 6) is 1.59. The maximum Gasteiger partial charge on any atom is 0.137 e. The zero-order valence-electron chi connectivity index (χ0n) is 13.3. The number of hydrogen-bond acceptors (Lipinski definition) is 4. The van der Waals surface area contributed by atoms with Crippen LogP contribution in [-0.4, -0.2) is 27.7 Å². The van der Waals surface area contributed by atoms with E-state index in [1.54, 1.807) is 0 Å². The van der Waals surface area contributed by atoms with E-state index in [0.29, 0.717) is 6.42 Å². The van der Waals surface area contributed by atoms with Crippen LogP contribution in [0.3, 0.4) is 0 Å². The van der Waals surface area contributed by atoms with Crippen molar-refractivity contribution >= 4 is 21.7 Å². The molecule has 1 unspecified atom stereocenters. The summed E-state index contributed by atoms with van der Waals surface area (Å²) in [6.07, 6.45) is 0.690. The molecule has 1 rings (SSSR count). The minimum atomic E-state index is -0.103. The molecule has 0 aliphatic heterocycles. The van der Waals surface area contributed by atoms with Crippen molar-refractivity contribution in [2.24, 2.45) is 5.41 Å². The van der Waals surface area contributed by atoms with E-state index in [2.05, 4.69) is 72.8 Å². The molecule has 1 aromatic rings. The van der Waals surface area contributed by atoms with Crippen molar-refractivity contribution in [3.8, 4) is 0 Å². The lowest BCUT2D eigenvalue weighted by Gasteiger charge is -2.32. The van der Waals surface area contributed by atoms with Gasteiger partial charge in [0.1, 0.15) is 16.2 Å². The second kappa shape index (κ2) is 6.39. The van der Waals surface area contributed by atoms with E-state index in [4.69, 9.17) is 0 Å². The highest BCUT2D eigenvalue weighted by molar-refractivity contribution is 9.10. The molecule has 0 spiro atoms. The quantitative estimate of drug-likeness (QED) is 0.817. The molecule has 0 saturated heterocycles. The highest BCUT2D eigenvalue weighted by Crippen LogP contribution is 2.27. The van der Waals surface area contributed by atoms with Gasteiger partial charge in [-0.25, -0.2) is 9.97 Å². The number of hydrogen-bond donors (Lipinski definition) is 2. The molecule has 114 valence electrons. The Morgan fingerprint density at radius 2 is 1.80 bits per heavy atom. The Balaban J connectivity index is 3.04. The van der Waals surface area contributed by atoms with Crippen molar-refractivity contribution in [1.82, 2.24) is 9.97 Å². The fraction of sp³-hybridized carbons (Fsp3) is 0.733. The smallest absolute Gasteiger partial charge is 0.137 e. The number of aliphatic hydroxyl groups excluding tert-OH is 1. The zero-order chi connectivity index (χ0) is 15.6. The van der Waals surface area contributed by atoms with E-state index >= 15 is 0 Å². The first-order valence-electron chi connectivity index (χ1n) is 6.96. The standard InChI is InChI=1S/C15H26BrN3O/c1-14(2,3)10(7-8-20)17-12-9-11(16)18-13(19-12)15(4,5)6/h9-10,20H,7-8H2,1-6H3,(H,17,18,19). The number of aromatic nitrogens is 2. The molecule has 2 N–H and O–H groups in total. The normalized spacial score (nSPS) is 14.2. The SMILES string of the molecule is CC(C)(C)c1nc(Br)cc(NC(CCO)C(C)(C)C)n1. The van der Waals surface area contributed by atoms with Gasteiger partial charge in [-0.1, -0.05) is 41.5 Å². The first-order valence-corrected chi connectivity index (χ1v) is 7.76. The Morgan fingerprint density at radius 1 is 1.20 bits per heavy atom. The molecule has 20 heavy (non-hydrogen) atoms. The molecule has 4 nitrogen and oxygen atoms in total. The third-order valence-corrected chi connectivity index (χ3v) is 3.56. The molecule has 0 amide bonds. The number of anilines is 1. The minimum Gasteiger partial charge on any atom is -0.396 e. The van der Waals surface area contributed by atoms with E-state index in [1.807, 2.05) is 6.07 Å². The molecule has 1 heterocycles. The summed E-state index contributed by atoms with van der Waals surface area (Å²) in [4.78, 5) is 9.04. The van der Waals surface area contributed by atoms with Crippen LogP contribution in [0.2, 0.25) is 0 Å². The largest absolute Gasteiger partial charge is 0.396 e. The van der Waals surface area contributed by atoms with Crippen molar-refractivity contribution in [2.75, 3.05) is 11.9 Å². The van der Waals surface area contributed by atoms with Crippen LogP contribution in [0.1, 0.15) is 53.8 Å². The van der Waals surface area contributed by atoms with Gasteiger partial charge in [-0.05, 0) is 27.8 Å². The Labute approximate surface area is 130 Å². The van der Waals surface area contributed by atoms with Gasteiger partial charge < -0.3 is 10.4 Å². The molecular formula is C15H26BrN3O. The Kier molecular flexibility index (Phi) is 5.55. The lowest BCUT2D eigenvalue weighted by atomic mass is 9.85. The zero-order valence-corrected chi connectivity index (χ0v) is 14.9. The predicted octanol–water partition coefficient (Wildman–Crippen LogP) is 3.75. The number of aliphatic hydroxyl groups is 1. The summed E-state index contributed by atoms with van der Waals surface area (Å²) >= 11 is 3.44. The molecule has 0 fully saturated rings. The molecule has 0 bridgehead atoms. The van der Waals surface area contributed by atoms with E-state index in [1.165, 1.54) is 0 Å². The van der Waals surface area contributed by atoms with E-state index in [0.717, 1.165) is 16.2 Å². The van der Waals surface area contributed by atoms with Crippen molar-refractivity contribution < 1.29 is 5.11 Å². The van der Waals surface area contributed by atoms with Crippen LogP contribution in [0.5, 0.6) is 0 Å². The van der Waals surface area contributed by atoms with Crippen molar-refractivity contribution in [2.45, 2.75) is 59.4 Å². The predicted molar refractivity (Wildman–Crippen MR) is 87.0 cm³/mol. The maximum atomic E-state index is 9.23.